The Bertz CT molecular complexity index is 1520. The minimum Gasteiger partial charge on any atom is -0.507 e. The van der Waals surface area contributed by atoms with Crippen molar-refractivity contribution in [2.75, 3.05) is 18.1 Å². The molecule has 0 bridgehead atoms. The number of hydrogen-bond acceptors (Lipinski definition) is 7. The molecule has 2 heterocycles. The van der Waals surface area contributed by atoms with Crippen LogP contribution >= 0.6 is 11.3 Å². The van der Waals surface area contributed by atoms with Crippen LogP contribution in [0.5, 0.6) is 11.5 Å². The Morgan fingerprint density at radius 2 is 1.55 bits per heavy atom. The minimum absolute atomic E-state index is 0.0109. The van der Waals surface area contributed by atoms with E-state index in [-0.39, 0.29) is 11.3 Å². The molecule has 3 aromatic carbocycles. The number of anilines is 1. The second kappa shape index (κ2) is 10.7. The molecule has 1 aliphatic rings. The second-order valence-electron chi connectivity index (χ2n) is 8.78. The molecule has 0 unspecified atom stereocenters. The largest absolute Gasteiger partial charge is 0.507 e. The fraction of sp³-hybridized carbons (Fsp3) is 0.233. The van der Waals surface area contributed by atoms with Gasteiger partial charge >= 0.3 is 5.91 Å². The standard InChI is InChI=1S/C30H28N2O5S/c1-4-18-7-16-23-24(17-18)38-30(31-23)32-26(19-8-12-21(13-9-19)36-5-2)25(28(34)29(32)35)27(33)20-10-14-22(15-11-20)37-6-3/h7-17,26,33H,4-6H2,1-3H3/t26-/m0/s1. The van der Waals surface area contributed by atoms with Crippen molar-refractivity contribution in [2.24, 2.45) is 0 Å². The Hall–Kier alpha value is -4.17. The Balaban J connectivity index is 1.66. The average Bonchev–Trinajstić information content (AvgIpc) is 3.47. The predicted molar refractivity (Wildman–Crippen MR) is 149 cm³/mol. The van der Waals surface area contributed by atoms with Crippen LogP contribution < -0.4 is 14.4 Å². The number of Topliss-reactive ketones (excluding diaryl/α,β-unsaturated/α-hetero) is 1. The summed E-state index contributed by atoms with van der Waals surface area (Å²) < 4.78 is 12.0. The third-order valence-corrected chi connectivity index (χ3v) is 7.46. The molecule has 1 amide bonds. The lowest BCUT2D eigenvalue weighted by Gasteiger charge is -2.23. The van der Waals surface area contributed by atoms with Crippen LogP contribution in [0.3, 0.4) is 0 Å². The van der Waals surface area contributed by atoms with Gasteiger partial charge in [0.05, 0.1) is 35.0 Å². The first kappa shape index (κ1) is 25.5. The Morgan fingerprint density at radius 1 is 0.921 bits per heavy atom. The van der Waals surface area contributed by atoms with Crippen LogP contribution in [0, 0.1) is 0 Å². The number of aryl methyl sites for hydroxylation is 1. The number of thiazole rings is 1. The maximum absolute atomic E-state index is 13.5. The number of aliphatic hydroxyl groups is 1. The maximum Gasteiger partial charge on any atom is 0.301 e. The number of fused-ring (bicyclic) bond motifs is 1. The van der Waals surface area contributed by atoms with Crippen molar-refractivity contribution >= 4 is 44.1 Å². The molecule has 0 saturated carbocycles. The molecule has 7 nitrogen and oxygen atoms in total. The number of ether oxygens (including phenoxy) is 2. The highest BCUT2D eigenvalue weighted by molar-refractivity contribution is 7.22. The summed E-state index contributed by atoms with van der Waals surface area (Å²) in [6.07, 6.45) is 0.877. The molecule has 0 spiro atoms. The van der Waals surface area contributed by atoms with E-state index >= 15 is 0 Å². The van der Waals surface area contributed by atoms with Crippen molar-refractivity contribution in [3.8, 4) is 11.5 Å². The average molecular weight is 529 g/mol. The first-order chi connectivity index (χ1) is 18.4. The van der Waals surface area contributed by atoms with Crippen LogP contribution in [0.2, 0.25) is 0 Å². The molecular weight excluding hydrogens is 500 g/mol. The number of carbonyl (C=O) groups excluding carboxylic acids is 2. The minimum atomic E-state index is -0.858. The Kier molecular flexibility index (Phi) is 7.15. The summed E-state index contributed by atoms with van der Waals surface area (Å²) in [5.41, 5.74) is 3.00. The SMILES string of the molecule is CCOc1ccc(C(O)=C2C(=O)C(=O)N(c3nc4ccc(CC)cc4s3)[C@H]2c2ccc(OCC)cc2)cc1. The molecule has 38 heavy (non-hydrogen) atoms. The second-order valence-corrected chi connectivity index (χ2v) is 9.79. The number of benzene rings is 3. The molecule has 0 radical (unpaired) electrons. The lowest BCUT2D eigenvalue weighted by atomic mass is 9.95. The van der Waals surface area contributed by atoms with Crippen LogP contribution in [0.25, 0.3) is 16.0 Å². The van der Waals surface area contributed by atoms with E-state index in [1.165, 1.54) is 16.2 Å². The molecule has 1 fully saturated rings. The molecule has 1 aromatic heterocycles. The van der Waals surface area contributed by atoms with Gasteiger partial charge in [0.15, 0.2) is 5.13 Å². The number of carbonyl (C=O) groups is 2. The summed E-state index contributed by atoms with van der Waals surface area (Å²) in [6, 6.07) is 19.1. The van der Waals surface area contributed by atoms with Gasteiger partial charge in [-0.1, -0.05) is 36.5 Å². The molecule has 1 N–H and O–H groups in total. The van der Waals surface area contributed by atoms with E-state index in [4.69, 9.17) is 14.5 Å². The van der Waals surface area contributed by atoms with Crippen molar-refractivity contribution < 1.29 is 24.2 Å². The molecule has 1 aliphatic heterocycles. The van der Waals surface area contributed by atoms with Crippen molar-refractivity contribution in [1.82, 2.24) is 4.98 Å². The maximum atomic E-state index is 13.5. The van der Waals surface area contributed by atoms with Gasteiger partial charge < -0.3 is 14.6 Å². The number of ketones is 1. The fourth-order valence-electron chi connectivity index (χ4n) is 4.57. The number of aromatic nitrogens is 1. The van der Waals surface area contributed by atoms with Gasteiger partial charge in [-0.15, -0.1) is 0 Å². The molecule has 5 rings (SSSR count). The molecule has 4 aromatic rings. The van der Waals surface area contributed by atoms with Crippen LogP contribution in [0.15, 0.2) is 72.3 Å². The van der Waals surface area contributed by atoms with Gasteiger partial charge in [0.25, 0.3) is 5.78 Å². The van der Waals surface area contributed by atoms with Crippen LogP contribution in [0.1, 0.15) is 43.5 Å². The summed E-state index contributed by atoms with van der Waals surface area (Å²) in [5.74, 6) is -0.419. The molecule has 0 aliphatic carbocycles. The third kappa shape index (κ3) is 4.63. The highest BCUT2D eigenvalue weighted by Gasteiger charge is 2.48. The fourth-order valence-corrected chi connectivity index (χ4v) is 5.63. The van der Waals surface area contributed by atoms with Gasteiger partial charge in [-0.25, -0.2) is 4.98 Å². The summed E-state index contributed by atoms with van der Waals surface area (Å²) in [4.78, 5) is 33.1. The molecular formula is C30H28N2O5S. The quantitative estimate of drug-likeness (QED) is 0.164. The van der Waals surface area contributed by atoms with Crippen molar-refractivity contribution in [3.05, 3.63) is 89.0 Å². The number of rotatable bonds is 8. The number of nitrogens with zero attached hydrogens (tertiary/aromatic N) is 2. The van der Waals surface area contributed by atoms with Gasteiger partial charge in [0.1, 0.15) is 17.3 Å². The molecule has 194 valence electrons. The van der Waals surface area contributed by atoms with Gasteiger partial charge in [-0.3, -0.25) is 14.5 Å². The lowest BCUT2D eigenvalue weighted by Crippen LogP contribution is -2.29. The van der Waals surface area contributed by atoms with Gasteiger partial charge in [-0.05, 0) is 79.9 Å². The van der Waals surface area contributed by atoms with Crippen LogP contribution in [0.4, 0.5) is 5.13 Å². The van der Waals surface area contributed by atoms with E-state index in [0.29, 0.717) is 41.0 Å². The van der Waals surface area contributed by atoms with Crippen LogP contribution in [-0.2, 0) is 16.0 Å². The van der Waals surface area contributed by atoms with Gasteiger partial charge in [0, 0.05) is 5.56 Å². The first-order valence-electron chi connectivity index (χ1n) is 12.6. The van der Waals surface area contributed by atoms with E-state index in [1.54, 1.807) is 36.4 Å². The highest BCUT2D eigenvalue weighted by Crippen LogP contribution is 2.44. The van der Waals surface area contributed by atoms with E-state index in [9.17, 15) is 14.7 Å². The van der Waals surface area contributed by atoms with Gasteiger partial charge in [-0.2, -0.15) is 0 Å². The van der Waals surface area contributed by atoms with E-state index < -0.39 is 17.7 Å². The molecule has 1 atom stereocenters. The zero-order valence-electron chi connectivity index (χ0n) is 21.4. The Labute approximate surface area is 225 Å². The predicted octanol–water partition coefficient (Wildman–Crippen LogP) is 6.28. The number of hydrogen-bond donors (Lipinski definition) is 1. The monoisotopic (exact) mass is 528 g/mol. The summed E-state index contributed by atoms with van der Waals surface area (Å²) in [7, 11) is 0. The van der Waals surface area contributed by atoms with Gasteiger partial charge in [0.2, 0.25) is 0 Å². The highest BCUT2D eigenvalue weighted by atomic mass is 32.1. The van der Waals surface area contributed by atoms with Crippen molar-refractivity contribution in [1.29, 1.82) is 0 Å². The van der Waals surface area contributed by atoms with E-state index in [1.807, 2.05) is 38.1 Å². The van der Waals surface area contributed by atoms with E-state index in [0.717, 1.165) is 22.2 Å². The molecule has 8 heteroatoms. The summed E-state index contributed by atoms with van der Waals surface area (Å²) in [5, 5.41) is 11.8. The normalized spacial score (nSPS) is 16.8. The zero-order valence-corrected chi connectivity index (χ0v) is 22.2. The first-order valence-corrected chi connectivity index (χ1v) is 13.4. The lowest BCUT2D eigenvalue weighted by molar-refractivity contribution is -0.132. The third-order valence-electron chi connectivity index (χ3n) is 6.45. The van der Waals surface area contributed by atoms with E-state index in [2.05, 4.69) is 13.0 Å². The molecule has 1 saturated heterocycles. The zero-order chi connectivity index (χ0) is 26.8. The van der Waals surface area contributed by atoms with Crippen molar-refractivity contribution in [2.45, 2.75) is 33.2 Å². The summed E-state index contributed by atoms with van der Waals surface area (Å²) >= 11 is 1.35. The van der Waals surface area contributed by atoms with Crippen LogP contribution in [-0.4, -0.2) is 35.0 Å². The Morgan fingerprint density at radius 3 is 2.16 bits per heavy atom. The van der Waals surface area contributed by atoms with Crippen molar-refractivity contribution in [3.63, 3.8) is 0 Å². The number of amides is 1. The number of aliphatic hydroxyl groups excluding tert-OH is 1. The topological polar surface area (TPSA) is 89.0 Å². The smallest absolute Gasteiger partial charge is 0.301 e. The summed E-state index contributed by atoms with van der Waals surface area (Å²) in [6.45, 7) is 6.89.